The number of hydrogen-bond donors (Lipinski definition) is 1. The summed E-state index contributed by atoms with van der Waals surface area (Å²) in [5.74, 6) is 0.208. The number of piperidine rings is 1. The number of unbranched alkanes of at least 4 members (excludes halogenated alkanes) is 2. The summed E-state index contributed by atoms with van der Waals surface area (Å²) in [6.45, 7) is 4.84. The van der Waals surface area contributed by atoms with Gasteiger partial charge in [-0.1, -0.05) is 26.2 Å². The van der Waals surface area contributed by atoms with Crippen molar-refractivity contribution in [3.63, 3.8) is 0 Å². The van der Waals surface area contributed by atoms with Gasteiger partial charge in [0.25, 0.3) is 0 Å². The Morgan fingerprint density at radius 1 is 1.33 bits per heavy atom. The number of carbonyl (C=O) groups is 1. The molecule has 1 aromatic rings. The lowest BCUT2D eigenvalue weighted by Gasteiger charge is -2.34. The van der Waals surface area contributed by atoms with Crippen LogP contribution in [-0.4, -0.2) is 34.9 Å². The van der Waals surface area contributed by atoms with E-state index in [4.69, 9.17) is 0 Å². The van der Waals surface area contributed by atoms with Crippen molar-refractivity contribution in [3.8, 4) is 0 Å². The summed E-state index contributed by atoms with van der Waals surface area (Å²) in [5, 5.41) is 3.11. The van der Waals surface area contributed by atoms with Gasteiger partial charge in [-0.15, -0.1) is 0 Å². The van der Waals surface area contributed by atoms with Crippen LogP contribution in [0.3, 0.4) is 0 Å². The van der Waals surface area contributed by atoms with Gasteiger partial charge in [0, 0.05) is 25.5 Å². The molecular weight excluding hydrogens is 262 g/mol. The molecule has 2 heterocycles. The lowest BCUT2D eigenvalue weighted by molar-refractivity contribution is -0.127. The minimum atomic E-state index is 0.0357. The van der Waals surface area contributed by atoms with Crippen LogP contribution >= 0.6 is 0 Å². The van der Waals surface area contributed by atoms with Crippen molar-refractivity contribution < 1.29 is 4.79 Å². The summed E-state index contributed by atoms with van der Waals surface area (Å²) in [6, 6.07) is 4.10. The van der Waals surface area contributed by atoms with Crippen LogP contribution in [0, 0.1) is 0 Å². The molecule has 4 heteroatoms. The van der Waals surface area contributed by atoms with E-state index >= 15 is 0 Å². The first kappa shape index (κ1) is 16.0. The average Bonchev–Trinajstić information content (AvgIpc) is 2.53. The van der Waals surface area contributed by atoms with Crippen LogP contribution in [0.1, 0.15) is 51.0 Å². The molecule has 1 aliphatic heterocycles. The first-order valence-corrected chi connectivity index (χ1v) is 8.22. The van der Waals surface area contributed by atoms with Gasteiger partial charge in [0.05, 0.1) is 6.04 Å². The maximum atomic E-state index is 12.4. The van der Waals surface area contributed by atoms with Crippen molar-refractivity contribution in [3.05, 3.63) is 30.1 Å². The normalized spacial score (nSPS) is 19.4. The van der Waals surface area contributed by atoms with E-state index in [2.05, 4.69) is 22.1 Å². The summed E-state index contributed by atoms with van der Waals surface area (Å²) < 4.78 is 0. The molecule has 1 amide bonds. The zero-order valence-electron chi connectivity index (χ0n) is 13.1. The molecule has 116 valence electrons. The number of carbonyl (C=O) groups excluding carboxylic acids is 1. The number of nitrogens with one attached hydrogen (secondary N) is 1. The Morgan fingerprint density at radius 3 is 2.90 bits per heavy atom. The van der Waals surface area contributed by atoms with Gasteiger partial charge in [-0.3, -0.25) is 14.7 Å². The van der Waals surface area contributed by atoms with Crippen LogP contribution in [0.15, 0.2) is 24.5 Å². The number of nitrogens with zero attached hydrogens (tertiary/aromatic N) is 2. The highest BCUT2D eigenvalue weighted by atomic mass is 16.2. The molecule has 1 fully saturated rings. The van der Waals surface area contributed by atoms with Crippen molar-refractivity contribution in [2.75, 3.05) is 13.1 Å². The quantitative estimate of drug-likeness (QED) is 0.785. The Kier molecular flexibility index (Phi) is 6.67. The van der Waals surface area contributed by atoms with Gasteiger partial charge in [-0.05, 0) is 43.5 Å². The molecule has 0 radical (unpaired) electrons. The second-order valence-electron chi connectivity index (χ2n) is 5.84. The summed E-state index contributed by atoms with van der Waals surface area (Å²) in [5.41, 5.74) is 1.23. The Labute approximate surface area is 127 Å². The second-order valence-corrected chi connectivity index (χ2v) is 5.84. The van der Waals surface area contributed by atoms with Crippen LogP contribution in [0.4, 0.5) is 0 Å². The van der Waals surface area contributed by atoms with Crippen LogP contribution in [-0.2, 0) is 11.3 Å². The number of hydrogen-bond acceptors (Lipinski definition) is 3. The van der Waals surface area contributed by atoms with E-state index in [0.717, 1.165) is 38.9 Å². The molecule has 0 aromatic carbocycles. The van der Waals surface area contributed by atoms with Crippen LogP contribution < -0.4 is 5.32 Å². The summed E-state index contributed by atoms with van der Waals surface area (Å²) in [7, 11) is 0. The van der Waals surface area contributed by atoms with Crippen LogP contribution in [0.25, 0.3) is 0 Å². The molecule has 0 saturated carbocycles. The number of likely N-dealkylation sites (tertiary alicyclic amines) is 1. The van der Waals surface area contributed by atoms with Crippen molar-refractivity contribution in [2.24, 2.45) is 0 Å². The summed E-state index contributed by atoms with van der Waals surface area (Å²) in [6.07, 6.45) is 10.4. The standard InChI is InChI=1S/C17H27N3O/c1-2-3-5-10-19-17(21)16-7-4-6-13-20(16)14-15-8-11-18-12-9-15/h8-9,11-12,16H,2-7,10,13-14H2,1H3,(H,19,21)/t16-/m1/s1. The Balaban J connectivity index is 1.87. The van der Waals surface area contributed by atoms with Gasteiger partial charge in [-0.2, -0.15) is 0 Å². The molecule has 0 spiro atoms. The fraction of sp³-hybridized carbons (Fsp3) is 0.647. The molecule has 0 aliphatic carbocycles. The molecule has 4 nitrogen and oxygen atoms in total. The smallest absolute Gasteiger partial charge is 0.237 e. The largest absolute Gasteiger partial charge is 0.355 e. The monoisotopic (exact) mass is 289 g/mol. The third kappa shape index (κ3) is 5.12. The second kappa shape index (κ2) is 8.78. The molecule has 1 aliphatic rings. The summed E-state index contributed by atoms with van der Waals surface area (Å²) in [4.78, 5) is 18.8. The van der Waals surface area contributed by atoms with E-state index < -0.39 is 0 Å². The van der Waals surface area contributed by atoms with Gasteiger partial charge < -0.3 is 5.32 Å². The van der Waals surface area contributed by atoms with Crippen LogP contribution in [0.5, 0.6) is 0 Å². The van der Waals surface area contributed by atoms with Crippen molar-refractivity contribution in [1.82, 2.24) is 15.2 Å². The highest BCUT2D eigenvalue weighted by Crippen LogP contribution is 2.19. The molecule has 1 N–H and O–H groups in total. The Bertz CT molecular complexity index is 421. The Morgan fingerprint density at radius 2 is 2.14 bits per heavy atom. The number of rotatable bonds is 7. The van der Waals surface area contributed by atoms with E-state index in [1.54, 1.807) is 0 Å². The first-order chi connectivity index (χ1) is 10.3. The number of amides is 1. The fourth-order valence-corrected chi connectivity index (χ4v) is 2.90. The molecule has 1 aromatic heterocycles. The van der Waals surface area contributed by atoms with Gasteiger partial charge in [0.15, 0.2) is 0 Å². The maximum Gasteiger partial charge on any atom is 0.237 e. The predicted octanol–water partition coefficient (Wildman–Crippen LogP) is 2.74. The number of pyridine rings is 1. The third-order valence-corrected chi connectivity index (χ3v) is 4.13. The van der Waals surface area contributed by atoms with E-state index in [0.29, 0.717) is 0 Å². The van der Waals surface area contributed by atoms with Gasteiger partial charge in [-0.25, -0.2) is 0 Å². The molecule has 0 unspecified atom stereocenters. The van der Waals surface area contributed by atoms with E-state index in [9.17, 15) is 4.79 Å². The van der Waals surface area contributed by atoms with Crippen molar-refractivity contribution in [1.29, 1.82) is 0 Å². The van der Waals surface area contributed by atoms with Gasteiger partial charge in [0.2, 0.25) is 5.91 Å². The molecule has 2 rings (SSSR count). The molecular formula is C17H27N3O. The third-order valence-electron chi connectivity index (χ3n) is 4.13. The number of aromatic nitrogens is 1. The topological polar surface area (TPSA) is 45.2 Å². The maximum absolute atomic E-state index is 12.4. The van der Waals surface area contributed by atoms with Crippen molar-refractivity contribution >= 4 is 5.91 Å². The van der Waals surface area contributed by atoms with Gasteiger partial charge >= 0.3 is 0 Å². The van der Waals surface area contributed by atoms with E-state index in [1.807, 2.05) is 24.5 Å². The summed E-state index contributed by atoms with van der Waals surface area (Å²) >= 11 is 0. The zero-order chi connectivity index (χ0) is 14.9. The highest BCUT2D eigenvalue weighted by Gasteiger charge is 2.28. The molecule has 1 saturated heterocycles. The fourth-order valence-electron chi connectivity index (χ4n) is 2.90. The van der Waals surface area contributed by atoms with Crippen molar-refractivity contribution in [2.45, 2.75) is 58.0 Å². The van der Waals surface area contributed by atoms with E-state index in [-0.39, 0.29) is 11.9 Å². The molecule has 21 heavy (non-hydrogen) atoms. The zero-order valence-corrected chi connectivity index (χ0v) is 13.1. The van der Waals surface area contributed by atoms with Crippen LogP contribution in [0.2, 0.25) is 0 Å². The SMILES string of the molecule is CCCCCNC(=O)[C@H]1CCCCN1Cc1ccncc1. The molecule has 1 atom stereocenters. The first-order valence-electron chi connectivity index (χ1n) is 8.22. The van der Waals surface area contributed by atoms with E-state index in [1.165, 1.54) is 24.8 Å². The molecule has 0 bridgehead atoms. The minimum absolute atomic E-state index is 0.0357. The minimum Gasteiger partial charge on any atom is -0.355 e. The average molecular weight is 289 g/mol. The predicted molar refractivity (Wildman–Crippen MR) is 84.8 cm³/mol. The highest BCUT2D eigenvalue weighted by molar-refractivity contribution is 5.81. The van der Waals surface area contributed by atoms with Gasteiger partial charge in [0.1, 0.15) is 0 Å². The lowest BCUT2D eigenvalue weighted by Crippen LogP contribution is -2.49. The Hall–Kier alpha value is -1.42. The lowest BCUT2D eigenvalue weighted by atomic mass is 10.0.